The van der Waals surface area contributed by atoms with E-state index in [1.807, 2.05) is 32.9 Å². The minimum atomic E-state index is -0.673. The normalized spacial score (nSPS) is 12.5. The molecule has 0 saturated heterocycles. The van der Waals surface area contributed by atoms with Gasteiger partial charge in [-0.1, -0.05) is 38.1 Å². The van der Waals surface area contributed by atoms with Crippen LogP contribution in [0.2, 0.25) is 0 Å². The first-order valence-electron chi connectivity index (χ1n) is 10.5. The van der Waals surface area contributed by atoms with Crippen molar-refractivity contribution in [3.8, 4) is 11.5 Å². The number of hydrogen-bond donors (Lipinski definition) is 1. The smallest absolute Gasteiger partial charge is 0.261 e. The SMILES string of the molecule is CCC(C)NC(=O)C(CC)N(Cc1ccc(OC)cc1)C(=O)COc1ccccc1F. The lowest BCUT2D eigenvalue weighted by Gasteiger charge is -2.31. The fourth-order valence-corrected chi connectivity index (χ4v) is 3.07. The van der Waals surface area contributed by atoms with E-state index in [2.05, 4.69) is 5.32 Å². The van der Waals surface area contributed by atoms with E-state index in [0.717, 1.165) is 12.0 Å². The van der Waals surface area contributed by atoms with Crippen LogP contribution >= 0.6 is 0 Å². The van der Waals surface area contributed by atoms with Gasteiger partial charge in [-0.3, -0.25) is 9.59 Å². The monoisotopic (exact) mass is 430 g/mol. The highest BCUT2D eigenvalue weighted by atomic mass is 19.1. The van der Waals surface area contributed by atoms with Gasteiger partial charge in [0.2, 0.25) is 5.91 Å². The molecule has 2 atom stereocenters. The predicted octanol–water partition coefficient (Wildman–Crippen LogP) is 3.94. The molecule has 0 saturated carbocycles. The van der Waals surface area contributed by atoms with Crippen molar-refractivity contribution in [3.63, 3.8) is 0 Å². The Labute approximate surface area is 183 Å². The third-order valence-corrected chi connectivity index (χ3v) is 5.09. The first-order valence-corrected chi connectivity index (χ1v) is 10.5. The Balaban J connectivity index is 2.22. The van der Waals surface area contributed by atoms with Crippen LogP contribution in [0, 0.1) is 5.82 Å². The van der Waals surface area contributed by atoms with Crippen molar-refractivity contribution < 1.29 is 23.5 Å². The van der Waals surface area contributed by atoms with Crippen molar-refractivity contribution >= 4 is 11.8 Å². The lowest BCUT2D eigenvalue weighted by molar-refractivity contribution is -0.143. The number of para-hydroxylation sites is 1. The topological polar surface area (TPSA) is 67.9 Å². The number of carbonyl (C=O) groups is 2. The van der Waals surface area contributed by atoms with Crippen LogP contribution in [0.3, 0.4) is 0 Å². The summed E-state index contributed by atoms with van der Waals surface area (Å²) in [5, 5.41) is 2.95. The molecule has 0 aliphatic carbocycles. The largest absolute Gasteiger partial charge is 0.497 e. The quantitative estimate of drug-likeness (QED) is 0.586. The van der Waals surface area contributed by atoms with Crippen LogP contribution in [-0.2, 0) is 16.1 Å². The van der Waals surface area contributed by atoms with Crippen molar-refractivity contribution in [2.24, 2.45) is 0 Å². The van der Waals surface area contributed by atoms with Gasteiger partial charge < -0.3 is 19.7 Å². The first kappa shape index (κ1) is 24.2. The van der Waals surface area contributed by atoms with Crippen molar-refractivity contribution in [1.29, 1.82) is 0 Å². The second-order valence-electron chi connectivity index (χ2n) is 7.33. The Morgan fingerprint density at radius 1 is 1.06 bits per heavy atom. The number of carbonyl (C=O) groups excluding carboxylic acids is 2. The summed E-state index contributed by atoms with van der Waals surface area (Å²) >= 11 is 0. The highest BCUT2D eigenvalue weighted by Crippen LogP contribution is 2.18. The molecule has 1 N–H and O–H groups in total. The van der Waals surface area contributed by atoms with Crippen LogP contribution in [0.4, 0.5) is 4.39 Å². The molecule has 0 spiro atoms. The van der Waals surface area contributed by atoms with Crippen LogP contribution in [-0.4, -0.2) is 42.5 Å². The number of benzene rings is 2. The Morgan fingerprint density at radius 2 is 1.74 bits per heavy atom. The van der Waals surface area contributed by atoms with Gasteiger partial charge in [0, 0.05) is 12.6 Å². The fraction of sp³-hybridized carbons (Fsp3) is 0.417. The van der Waals surface area contributed by atoms with E-state index in [9.17, 15) is 14.0 Å². The molecule has 0 aliphatic heterocycles. The van der Waals surface area contributed by atoms with Crippen molar-refractivity contribution in [3.05, 3.63) is 59.9 Å². The molecule has 2 amide bonds. The molecule has 2 aromatic carbocycles. The lowest BCUT2D eigenvalue weighted by Crippen LogP contribution is -2.51. The summed E-state index contributed by atoms with van der Waals surface area (Å²) in [6, 6.07) is 12.5. The Kier molecular flexibility index (Phi) is 9.31. The molecule has 6 nitrogen and oxygen atoms in total. The molecule has 31 heavy (non-hydrogen) atoms. The van der Waals surface area contributed by atoms with E-state index in [-0.39, 0.29) is 30.9 Å². The number of rotatable bonds is 11. The van der Waals surface area contributed by atoms with Gasteiger partial charge in [-0.25, -0.2) is 4.39 Å². The van der Waals surface area contributed by atoms with E-state index in [0.29, 0.717) is 12.2 Å². The second-order valence-corrected chi connectivity index (χ2v) is 7.33. The number of halogens is 1. The van der Waals surface area contributed by atoms with E-state index >= 15 is 0 Å². The van der Waals surface area contributed by atoms with Gasteiger partial charge in [0.1, 0.15) is 11.8 Å². The average molecular weight is 431 g/mol. The van der Waals surface area contributed by atoms with Crippen molar-refractivity contribution in [1.82, 2.24) is 10.2 Å². The van der Waals surface area contributed by atoms with Crippen molar-refractivity contribution in [2.45, 2.75) is 52.2 Å². The van der Waals surface area contributed by atoms with Gasteiger partial charge in [0.05, 0.1) is 7.11 Å². The molecule has 2 aromatic rings. The molecule has 0 heterocycles. The maximum absolute atomic E-state index is 13.9. The van der Waals surface area contributed by atoms with Gasteiger partial charge in [0.25, 0.3) is 5.91 Å². The van der Waals surface area contributed by atoms with Crippen molar-refractivity contribution in [2.75, 3.05) is 13.7 Å². The molecule has 168 valence electrons. The summed E-state index contributed by atoms with van der Waals surface area (Å²) in [4.78, 5) is 27.5. The molecule has 0 aromatic heterocycles. The third-order valence-electron chi connectivity index (χ3n) is 5.09. The number of amides is 2. The van der Waals surface area contributed by atoms with E-state index in [1.165, 1.54) is 17.0 Å². The van der Waals surface area contributed by atoms with E-state index in [4.69, 9.17) is 9.47 Å². The molecular weight excluding hydrogens is 399 g/mol. The molecular formula is C24H31FN2O4. The van der Waals surface area contributed by atoms with Gasteiger partial charge in [-0.15, -0.1) is 0 Å². The van der Waals surface area contributed by atoms with Crippen LogP contribution in [0.5, 0.6) is 11.5 Å². The minimum Gasteiger partial charge on any atom is -0.497 e. The van der Waals surface area contributed by atoms with Crippen LogP contribution in [0.1, 0.15) is 39.2 Å². The number of methoxy groups -OCH3 is 1. The van der Waals surface area contributed by atoms with Crippen LogP contribution in [0.25, 0.3) is 0 Å². The molecule has 2 unspecified atom stereocenters. The van der Waals surface area contributed by atoms with Gasteiger partial charge in [-0.2, -0.15) is 0 Å². The molecule has 0 aliphatic rings. The highest BCUT2D eigenvalue weighted by Gasteiger charge is 2.29. The second kappa shape index (κ2) is 11.9. The number of ether oxygens (including phenoxy) is 2. The maximum Gasteiger partial charge on any atom is 0.261 e. The number of nitrogens with one attached hydrogen (secondary N) is 1. The Morgan fingerprint density at radius 3 is 2.32 bits per heavy atom. The summed E-state index contributed by atoms with van der Waals surface area (Å²) in [6.45, 7) is 5.60. The van der Waals surface area contributed by atoms with Gasteiger partial charge in [-0.05, 0) is 49.6 Å². The maximum atomic E-state index is 13.9. The number of nitrogens with zero attached hydrogens (tertiary/aromatic N) is 1. The summed E-state index contributed by atoms with van der Waals surface area (Å²) in [5.74, 6) is -0.461. The Bertz CT molecular complexity index is 857. The zero-order valence-corrected chi connectivity index (χ0v) is 18.6. The molecule has 0 bridgehead atoms. The summed E-state index contributed by atoms with van der Waals surface area (Å²) in [5.41, 5.74) is 0.842. The van der Waals surface area contributed by atoms with E-state index < -0.39 is 17.8 Å². The zero-order chi connectivity index (χ0) is 22.8. The third kappa shape index (κ3) is 6.98. The summed E-state index contributed by atoms with van der Waals surface area (Å²) in [6.07, 6.45) is 1.22. The first-order chi connectivity index (χ1) is 14.9. The van der Waals surface area contributed by atoms with Crippen LogP contribution in [0.15, 0.2) is 48.5 Å². The summed E-state index contributed by atoms with van der Waals surface area (Å²) in [7, 11) is 1.58. The lowest BCUT2D eigenvalue weighted by atomic mass is 10.1. The summed E-state index contributed by atoms with van der Waals surface area (Å²) < 4.78 is 24.5. The standard InChI is InChI=1S/C24H31FN2O4/c1-5-17(3)26-24(29)21(6-2)27(15-18-11-13-19(30-4)14-12-18)23(28)16-31-22-10-8-7-9-20(22)25/h7-14,17,21H,5-6,15-16H2,1-4H3,(H,26,29). The van der Waals surface area contributed by atoms with Crippen LogP contribution < -0.4 is 14.8 Å². The number of hydrogen-bond acceptors (Lipinski definition) is 4. The molecule has 2 rings (SSSR count). The minimum absolute atomic E-state index is 0.00245. The predicted molar refractivity (Wildman–Crippen MR) is 117 cm³/mol. The Hall–Kier alpha value is -3.09. The van der Waals surface area contributed by atoms with E-state index in [1.54, 1.807) is 31.4 Å². The average Bonchev–Trinajstić information content (AvgIpc) is 2.78. The molecule has 7 heteroatoms. The fourth-order valence-electron chi connectivity index (χ4n) is 3.07. The molecule has 0 fully saturated rings. The van der Waals surface area contributed by atoms with Gasteiger partial charge in [0.15, 0.2) is 18.2 Å². The highest BCUT2D eigenvalue weighted by molar-refractivity contribution is 5.88. The molecule has 0 radical (unpaired) electrons. The zero-order valence-electron chi connectivity index (χ0n) is 18.6. The van der Waals surface area contributed by atoms with Gasteiger partial charge >= 0.3 is 0 Å².